The van der Waals surface area contributed by atoms with Gasteiger partial charge in [0.25, 0.3) is 0 Å². The highest BCUT2D eigenvalue weighted by molar-refractivity contribution is 8.14. The number of amides is 1. The number of anilines is 1. The fourth-order valence-electron chi connectivity index (χ4n) is 2.10. The molecule has 0 saturated carbocycles. The summed E-state index contributed by atoms with van der Waals surface area (Å²) < 4.78 is 24.2. The molecule has 0 N–H and O–H groups in total. The van der Waals surface area contributed by atoms with Crippen molar-refractivity contribution in [1.82, 2.24) is 9.78 Å². The van der Waals surface area contributed by atoms with Gasteiger partial charge in [-0.15, -0.1) is 0 Å². The lowest BCUT2D eigenvalue weighted by atomic mass is 10.1. The Labute approximate surface area is 116 Å². The second-order valence-electron chi connectivity index (χ2n) is 5.01. The Hall–Kier alpha value is -1.08. The minimum absolute atomic E-state index is 0.0754. The molecule has 1 aromatic heterocycles. The lowest BCUT2D eigenvalue weighted by Crippen LogP contribution is -2.28. The molecule has 19 heavy (non-hydrogen) atoms. The third-order valence-electron chi connectivity index (χ3n) is 3.23. The zero-order valence-corrected chi connectivity index (χ0v) is 12.6. The van der Waals surface area contributed by atoms with Crippen molar-refractivity contribution >= 4 is 31.5 Å². The molecular formula is C11H16ClN3O3S. The summed E-state index contributed by atoms with van der Waals surface area (Å²) in [5.41, 5.74) is 0.863. The summed E-state index contributed by atoms with van der Waals surface area (Å²) in [5, 5.41) is 3.47. The number of hydrogen-bond acceptors (Lipinski definition) is 4. The monoisotopic (exact) mass is 305 g/mol. The van der Waals surface area contributed by atoms with Crippen LogP contribution >= 0.6 is 10.7 Å². The first-order chi connectivity index (χ1) is 8.70. The van der Waals surface area contributed by atoms with E-state index in [2.05, 4.69) is 5.10 Å². The maximum Gasteiger partial charge on any atom is 0.237 e. The van der Waals surface area contributed by atoms with E-state index < -0.39 is 14.3 Å². The van der Waals surface area contributed by atoms with Crippen LogP contribution in [0.25, 0.3) is 0 Å². The van der Waals surface area contributed by atoms with Gasteiger partial charge in [-0.2, -0.15) is 5.10 Å². The summed E-state index contributed by atoms with van der Waals surface area (Å²) in [4.78, 5) is 13.4. The predicted octanol–water partition coefficient (Wildman–Crippen LogP) is 1.22. The average Bonchev–Trinajstić information content (AvgIpc) is 2.81. The van der Waals surface area contributed by atoms with Crippen LogP contribution in [0.2, 0.25) is 0 Å². The predicted molar refractivity (Wildman–Crippen MR) is 72.8 cm³/mol. The minimum atomic E-state index is -3.72. The molecule has 1 fully saturated rings. The molecule has 1 aliphatic heterocycles. The number of aromatic nitrogens is 2. The molecular weight excluding hydrogens is 290 g/mol. The molecule has 106 valence electrons. The van der Waals surface area contributed by atoms with Gasteiger partial charge in [-0.1, -0.05) is 13.8 Å². The fraction of sp³-hybridized carbons (Fsp3) is 0.636. The van der Waals surface area contributed by atoms with E-state index in [1.807, 2.05) is 19.9 Å². The van der Waals surface area contributed by atoms with E-state index in [-0.39, 0.29) is 24.8 Å². The molecule has 0 bridgehead atoms. The average molecular weight is 306 g/mol. The van der Waals surface area contributed by atoms with Gasteiger partial charge in [0.05, 0.1) is 5.69 Å². The molecule has 8 heteroatoms. The van der Waals surface area contributed by atoms with E-state index in [4.69, 9.17) is 10.7 Å². The Kier molecular flexibility index (Phi) is 3.61. The highest BCUT2D eigenvalue weighted by Gasteiger charge is 2.39. The second-order valence-corrected chi connectivity index (χ2v) is 7.92. The molecule has 2 rings (SSSR count). The quantitative estimate of drug-likeness (QED) is 0.787. The molecule has 1 aliphatic rings. The third kappa shape index (κ3) is 2.76. The van der Waals surface area contributed by atoms with Crippen molar-refractivity contribution in [1.29, 1.82) is 0 Å². The number of carbonyl (C=O) groups is 1. The lowest BCUT2D eigenvalue weighted by molar-refractivity contribution is -0.117. The van der Waals surface area contributed by atoms with Gasteiger partial charge in [0, 0.05) is 36.8 Å². The Balaban J connectivity index is 2.31. The highest BCUT2D eigenvalue weighted by Crippen LogP contribution is 2.28. The summed E-state index contributed by atoms with van der Waals surface area (Å²) in [6, 6.07) is 1.81. The highest BCUT2D eigenvalue weighted by atomic mass is 35.7. The van der Waals surface area contributed by atoms with Gasteiger partial charge in [-0.05, 0) is 5.92 Å². The first-order valence-electron chi connectivity index (χ1n) is 5.98. The van der Waals surface area contributed by atoms with E-state index in [1.165, 1.54) is 4.90 Å². The summed E-state index contributed by atoms with van der Waals surface area (Å²) in [7, 11) is 3.34. The number of rotatable bonds is 3. The zero-order chi connectivity index (χ0) is 14.4. The molecule has 1 aromatic rings. The molecule has 1 amide bonds. The van der Waals surface area contributed by atoms with E-state index in [0.717, 1.165) is 5.69 Å². The van der Waals surface area contributed by atoms with Crippen molar-refractivity contribution in [2.45, 2.75) is 31.4 Å². The van der Waals surface area contributed by atoms with Crippen molar-refractivity contribution in [3.63, 3.8) is 0 Å². The van der Waals surface area contributed by atoms with Crippen LogP contribution < -0.4 is 4.90 Å². The van der Waals surface area contributed by atoms with Crippen LogP contribution in [-0.4, -0.2) is 35.9 Å². The maximum atomic E-state index is 11.9. The maximum absolute atomic E-state index is 11.9. The Morgan fingerprint density at radius 3 is 2.53 bits per heavy atom. The van der Waals surface area contributed by atoms with E-state index in [0.29, 0.717) is 5.82 Å². The number of halogens is 1. The number of hydrogen-bond donors (Lipinski definition) is 0. The normalized spacial score (nSPS) is 20.6. The summed E-state index contributed by atoms with van der Waals surface area (Å²) in [5.74, 6) is 0.606. The van der Waals surface area contributed by atoms with Gasteiger partial charge < -0.3 is 0 Å². The Morgan fingerprint density at radius 2 is 2.11 bits per heavy atom. The van der Waals surface area contributed by atoms with Crippen molar-refractivity contribution < 1.29 is 13.2 Å². The van der Waals surface area contributed by atoms with Crippen LogP contribution in [0.15, 0.2) is 6.07 Å². The van der Waals surface area contributed by atoms with Gasteiger partial charge in [0.2, 0.25) is 15.0 Å². The molecule has 1 atom stereocenters. The van der Waals surface area contributed by atoms with Gasteiger partial charge in [-0.25, -0.2) is 8.42 Å². The summed E-state index contributed by atoms with van der Waals surface area (Å²) in [6.45, 7) is 4.09. The topological polar surface area (TPSA) is 72.3 Å². The van der Waals surface area contributed by atoms with Crippen LogP contribution in [-0.2, 0) is 20.9 Å². The molecule has 0 radical (unpaired) electrons. The van der Waals surface area contributed by atoms with Crippen molar-refractivity contribution in [3.8, 4) is 0 Å². The van der Waals surface area contributed by atoms with E-state index in [9.17, 15) is 13.2 Å². The third-order valence-corrected chi connectivity index (χ3v) is 5.10. The van der Waals surface area contributed by atoms with Gasteiger partial charge in [0.15, 0.2) is 0 Å². The largest absolute Gasteiger partial charge is 0.296 e. The van der Waals surface area contributed by atoms with Crippen LogP contribution in [0.4, 0.5) is 5.82 Å². The molecule has 0 spiro atoms. The van der Waals surface area contributed by atoms with Gasteiger partial charge in [-0.3, -0.25) is 14.4 Å². The van der Waals surface area contributed by atoms with E-state index >= 15 is 0 Å². The number of nitrogens with zero attached hydrogens (tertiary/aromatic N) is 3. The molecule has 1 saturated heterocycles. The first-order valence-corrected chi connectivity index (χ1v) is 8.35. The fourth-order valence-corrected chi connectivity index (χ4v) is 3.13. The molecule has 6 nitrogen and oxygen atoms in total. The molecule has 1 unspecified atom stereocenters. The summed E-state index contributed by atoms with van der Waals surface area (Å²) in [6.07, 6.45) is -0.0754. The van der Waals surface area contributed by atoms with Crippen LogP contribution in [0, 0.1) is 0 Å². The Morgan fingerprint density at radius 1 is 1.47 bits per heavy atom. The van der Waals surface area contributed by atoms with Crippen molar-refractivity contribution in [3.05, 3.63) is 11.8 Å². The molecule has 2 heterocycles. The lowest BCUT2D eigenvalue weighted by Gasteiger charge is -2.15. The molecule has 0 aliphatic carbocycles. The first kappa shape index (κ1) is 14.3. The van der Waals surface area contributed by atoms with Crippen molar-refractivity contribution in [2.75, 3.05) is 11.4 Å². The van der Waals surface area contributed by atoms with Crippen LogP contribution in [0.5, 0.6) is 0 Å². The van der Waals surface area contributed by atoms with Gasteiger partial charge in [0.1, 0.15) is 11.1 Å². The number of carbonyl (C=O) groups excluding carboxylic acids is 1. The zero-order valence-electron chi connectivity index (χ0n) is 11.0. The summed E-state index contributed by atoms with van der Waals surface area (Å²) >= 11 is 0. The van der Waals surface area contributed by atoms with Crippen molar-refractivity contribution in [2.24, 2.45) is 7.05 Å². The second kappa shape index (κ2) is 4.79. The number of aryl methyl sites for hydroxylation is 1. The van der Waals surface area contributed by atoms with Crippen LogP contribution in [0.3, 0.4) is 0 Å². The Bertz CT molecular complexity index is 609. The standard InChI is InChI=1S/C11H16ClN3O3S/c1-7(2)9-5-10(14(3)13-9)15-6-8(4-11(15)16)19(12,17)18/h5,7-8H,4,6H2,1-3H3. The molecule has 0 aromatic carbocycles. The smallest absolute Gasteiger partial charge is 0.237 e. The van der Waals surface area contributed by atoms with Crippen LogP contribution in [0.1, 0.15) is 31.9 Å². The van der Waals surface area contributed by atoms with Gasteiger partial charge >= 0.3 is 0 Å². The SMILES string of the molecule is CC(C)c1cc(N2CC(S(=O)(=O)Cl)CC2=O)n(C)n1. The minimum Gasteiger partial charge on any atom is -0.296 e. The van der Waals surface area contributed by atoms with E-state index in [1.54, 1.807) is 11.7 Å².